The Balaban J connectivity index is 1.88. The molecule has 20 heavy (non-hydrogen) atoms. The van der Waals surface area contributed by atoms with Crippen molar-refractivity contribution in [2.24, 2.45) is 0 Å². The largest absolute Gasteiger partial charge is 0.472 e. The number of carbonyl (C=O) groups excluding carboxylic acids is 1. The van der Waals surface area contributed by atoms with E-state index in [0.717, 1.165) is 6.42 Å². The third-order valence-electron chi connectivity index (χ3n) is 2.83. The Bertz CT molecular complexity index is 485. The zero-order valence-corrected chi connectivity index (χ0v) is 12.4. The third-order valence-corrected chi connectivity index (χ3v) is 2.83. The number of nitrogens with zero attached hydrogens (tertiary/aromatic N) is 3. The van der Waals surface area contributed by atoms with E-state index in [4.69, 9.17) is 9.47 Å². The van der Waals surface area contributed by atoms with Crippen LogP contribution in [0.3, 0.4) is 0 Å². The molecule has 1 aromatic heterocycles. The number of aryl methyl sites for hydroxylation is 1. The number of amides is 1. The van der Waals surface area contributed by atoms with E-state index in [1.165, 1.54) is 0 Å². The maximum absolute atomic E-state index is 11.9. The molecule has 1 saturated heterocycles. The van der Waals surface area contributed by atoms with Gasteiger partial charge in [0.2, 0.25) is 5.88 Å². The topological polar surface area (TPSA) is 64.5 Å². The van der Waals surface area contributed by atoms with E-state index >= 15 is 0 Å². The van der Waals surface area contributed by atoms with Crippen LogP contribution in [-0.2, 0) is 4.74 Å². The highest BCUT2D eigenvalue weighted by atomic mass is 16.6. The van der Waals surface area contributed by atoms with E-state index in [9.17, 15) is 4.79 Å². The summed E-state index contributed by atoms with van der Waals surface area (Å²) in [6.45, 7) is 8.56. The molecule has 1 amide bonds. The van der Waals surface area contributed by atoms with E-state index in [0.29, 0.717) is 24.8 Å². The fraction of sp³-hybridized carbons (Fsp3) is 0.643. The van der Waals surface area contributed by atoms with Crippen LogP contribution in [-0.4, -0.2) is 45.8 Å². The molecule has 2 rings (SSSR count). The van der Waals surface area contributed by atoms with Crippen LogP contribution in [0.5, 0.6) is 5.88 Å². The Morgan fingerprint density at radius 3 is 2.85 bits per heavy atom. The highest BCUT2D eigenvalue weighted by Gasteiger charge is 2.31. The molecule has 0 saturated carbocycles. The molecule has 0 N–H and O–H groups in total. The summed E-state index contributed by atoms with van der Waals surface area (Å²) in [6, 6.07) is 1.73. The highest BCUT2D eigenvalue weighted by molar-refractivity contribution is 5.68. The molecule has 1 fully saturated rings. The van der Waals surface area contributed by atoms with Crippen LogP contribution in [0, 0.1) is 6.92 Å². The molecule has 6 nitrogen and oxygen atoms in total. The lowest BCUT2D eigenvalue weighted by Crippen LogP contribution is -2.36. The number of ether oxygens (including phenoxy) is 2. The second-order valence-corrected chi connectivity index (χ2v) is 5.90. The van der Waals surface area contributed by atoms with Gasteiger partial charge in [-0.2, -0.15) is 4.98 Å². The fourth-order valence-corrected chi connectivity index (χ4v) is 1.99. The minimum Gasteiger partial charge on any atom is -0.472 e. The van der Waals surface area contributed by atoms with Gasteiger partial charge in [0.25, 0.3) is 0 Å². The Morgan fingerprint density at radius 1 is 1.45 bits per heavy atom. The van der Waals surface area contributed by atoms with E-state index < -0.39 is 5.60 Å². The van der Waals surface area contributed by atoms with Crippen LogP contribution in [0.4, 0.5) is 4.79 Å². The quantitative estimate of drug-likeness (QED) is 0.830. The van der Waals surface area contributed by atoms with Gasteiger partial charge in [-0.25, -0.2) is 9.78 Å². The third kappa shape index (κ3) is 4.08. The Morgan fingerprint density at radius 2 is 2.20 bits per heavy atom. The normalized spacial score (nSPS) is 19.0. The van der Waals surface area contributed by atoms with E-state index in [-0.39, 0.29) is 12.2 Å². The van der Waals surface area contributed by atoms with Gasteiger partial charge in [-0.1, -0.05) is 0 Å². The van der Waals surface area contributed by atoms with Crippen molar-refractivity contribution in [3.8, 4) is 5.88 Å². The lowest BCUT2D eigenvalue weighted by molar-refractivity contribution is 0.0275. The molecule has 0 radical (unpaired) electrons. The van der Waals surface area contributed by atoms with E-state index in [1.807, 2.05) is 27.7 Å². The summed E-state index contributed by atoms with van der Waals surface area (Å²) in [6.07, 6.45) is 2.11. The summed E-state index contributed by atoms with van der Waals surface area (Å²) in [5.41, 5.74) is -0.472. The number of hydrogen-bond acceptors (Lipinski definition) is 5. The average Bonchev–Trinajstić information content (AvgIpc) is 2.75. The Hall–Kier alpha value is -1.85. The summed E-state index contributed by atoms with van der Waals surface area (Å²) in [4.78, 5) is 21.8. The van der Waals surface area contributed by atoms with Crippen LogP contribution in [0.25, 0.3) is 0 Å². The summed E-state index contributed by atoms with van der Waals surface area (Å²) < 4.78 is 11.1. The van der Waals surface area contributed by atoms with Crippen molar-refractivity contribution in [3.63, 3.8) is 0 Å². The molecular formula is C14H21N3O3. The monoisotopic (exact) mass is 279 g/mol. The molecule has 1 aliphatic rings. The van der Waals surface area contributed by atoms with Gasteiger partial charge >= 0.3 is 6.09 Å². The van der Waals surface area contributed by atoms with Gasteiger partial charge in [-0.15, -0.1) is 0 Å². The fourth-order valence-electron chi connectivity index (χ4n) is 1.99. The number of aromatic nitrogens is 2. The van der Waals surface area contributed by atoms with Crippen molar-refractivity contribution >= 4 is 6.09 Å². The second-order valence-electron chi connectivity index (χ2n) is 5.90. The van der Waals surface area contributed by atoms with Crippen LogP contribution >= 0.6 is 0 Å². The molecule has 0 spiro atoms. The molecule has 110 valence electrons. The predicted molar refractivity (Wildman–Crippen MR) is 73.6 cm³/mol. The summed E-state index contributed by atoms with van der Waals surface area (Å²) >= 11 is 0. The average molecular weight is 279 g/mol. The maximum atomic E-state index is 11.9. The predicted octanol–water partition coefficient (Wildman–Crippen LogP) is 2.17. The molecule has 1 unspecified atom stereocenters. The van der Waals surface area contributed by atoms with Crippen LogP contribution in [0.15, 0.2) is 12.3 Å². The smallest absolute Gasteiger partial charge is 0.410 e. The number of likely N-dealkylation sites (tertiary alicyclic amines) is 1. The van der Waals surface area contributed by atoms with Gasteiger partial charge < -0.3 is 14.4 Å². The highest BCUT2D eigenvalue weighted by Crippen LogP contribution is 2.19. The van der Waals surface area contributed by atoms with Gasteiger partial charge in [0, 0.05) is 25.2 Å². The lowest BCUT2D eigenvalue weighted by Gasteiger charge is -2.24. The summed E-state index contributed by atoms with van der Waals surface area (Å²) in [7, 11) is 0. The van der Waals surface area contributed by atoms with Gasteiger partial charge in [0.05, 0.1) is 6.54 Å². The van der Waals surface area contributed by atoms with Crippen LogP contribution in [0.2, 0.25) is 0 Å². The molecule has 0 aromatic carbocycles. The van der Waals surface area contributed by atoms with Gasteiger partial charge in [0.1, 0.15) is 17.5 Å². The minimum atomic E-state index is -0.472. The molecular weight excluding hydrogens is 258 g/mol. The standard InChI is InChI=1S/C14H21N3O3/c1-10-15-7-5-12(16-10)19-11-6-8-17(9-11)13(18)20-14(2,3)4/h5,7,11H,6,8-9H2,1-4H3. The van der Waals surface area contributed by atoms with E-state index in [2.05, 4.69) is 9.97 Å². The molecule has 1 aliphatic heterocycles. The van der Waals surface area contributed by atoms with Gasteiger partial charge in [-0.05, 0) is 27.7 Å². The SMILES string of the molecule is Cc1nccc(OC2CCN(C(=O)OC(C)(C)C)C2)n1. The molecule has 1 atom stereocenters. The summed E-state index contributed by atoms with van der Waals surface area (Å²) in [5, 5.41) is 0. The number of hydrogen-bond donors (Lipinski definition) is 0. The first kappa shape index (κ1) is 14.6. The van der Waals surface area contributed by atoms with Gasteiger partial charge in [-0.3, -0.25) is 0 Å². The first-order chi connectivity index (χ1) is 9.33. The van der Waals surface area contributed by atoms with Gasteiger partial charge in [0.15, 0.2) is 0 Å². The molecule has 1 aromatic rings. The molecule has 2 heterocycles. The van der Waals surface area contributed by atoms with Crippen molar-refractivity contribution in [2.75, 3.05) is 13.1 Å². The Kier molecular flexibility index (Phi) is 4.11. The first-order valence-corrected chi connectivity index (χ1v) is 6.78. The minimum absolute atomic E-state index is 0.0446. The zero-order chi connectivity index (χ0) is 14.8. The maximum Gasteiger partial charge on any atom is 0.410 e. The zero-order valence-electron chi connectivity index (χ0n) is 12.4. The lowest BCUT2D eigenvalue weighted by atomic mass is 10.2. The van der Waals surface area contributed by atoms with E-state index in [1.54, 1.807) is 17.2 Å². The molecule has 6 heteroatoms. The molecule has 0 aliphatic carbocycles. The van der Waals surface area contributed by atoms with Crippen molar-refractivity contribution in [2.45, 2.75) is 45.8 Å². The summed E-state index contributed by atoms with van der Waals surface area (Å²) in [5.74, 6) is 1.22. The van der Waals surface area contributed by atoms with Crippen molar-refractivity contribution < 1.29 is 14.3 Å². The number of carbonyl (C=O) groups is 1. The van der Waals surface area contributed by atoms with Crippen LogP contribution in [0.1, 0.15) is 33.0 Å². The molecule has 0 bridgehead atoms. The van der Waals surface area contributed by atoms with Crippen molar-refractivity contribution in [1.82, 2.24) is 14.9 Å². The second kappa shape index (κ2) is 5.64. The van der Waals surface area contributed by atoms with Crippen LogP contribution < -0.4 is 4.74 Å². The van der Waals surface area contributed by atoms with Crippen molar-refractivity contribution in [3.05, 3.63) is 18.1 Å². The van der Waals surface area contributed by atoms with Crippen molar-refractivity contribution in [1.29, 1.82) is 0 Å². The number of rotatable bonds is 2. The Labute approximate surface area is 119 Å². The first-order valence-electron chi connectivity index (χ1n) is 6.78.